The number of ether oxygens (including phenoxy) is 1. The van der Waals surface area contributed by atoms with Crippen molar-refractivity contribution in [1.82, 2.24) is 0 Å². The predicted molar refractivity (Wildman–Crippen MR) is 48.4 cm³/mol. The standard InChI is InChI=1S/C7H3Br2F3O/c8-3-1-4(9)6(2-5(3)10)13-7(11)12/h1-2,7H. The van der Waals surface area contributed by atoms with Gasteiger partial charge < -0.3 is 4.74 Å². The average Bonchev–Trinajstić information content (AvgIpc) is 1.99. The van der Waals surface area contributed by atoms with Crippen LogP contribution in [0.1, 0.15) is 0 Å². The molecular formula is C7H3Br2F3O. The van der Waals surface area contributed by atoms with Gasteiger partial charge in [-0.25, -0.2) is 4.39 Å². The van der Waals surface area contributed by atoms with Crippen molar-refractivity contribution in [1.29, 1.82) is 0 Å². The first-order chi connectivity index (χ1) is 6.00. The van der Waals surface area contributed by atoms with Gasteiger partial charge in [0.1, 0.15) is 11.6 Å². The van der Waals surface area contributed by atoms with Gasteiger partial charge in [0.25, 0.3) is 0 Å². The van der Waals surface area contributed by atoms with E-state index in [1.165, 1.54) is 6.07 Å². The summed E-state index contributed by atoms with van der Waals surface area (Å²) in [5.41, 5.74) is 0. The van der Waals surface area contributed by atoms with Gasteiger partial charge in [-0.3, -0.25) is 0 Å². The molecule has 0 unspecified atom stereocenters. The molecule has 0 heterocycles. The molecule has 0 aliphatic carbocycles. The third-order valence-corrected chi connectivity index (χ3v) is 2.42. The van der Waals surface area contributed by atoms with Gasteiger partial charge in [-0.2, -0.15) is 8.78 Å². The highest BCUT2D eigenvalue weighted by Crippen LogP contribution is 2.31. The van der Waals surface area contributed by atoms with Crippen molar-refractivity contribution in [3.05, 3.63) is 26.9 Å². The van der Waals surface area contributed by atoms with Crippen LogP contribution >= 0.6 is 31.9 Å². The van der Waals surface area contributed by atoms with E-state index in [1.807, 2.05) is 0 Å². The number of halogens is 5. The summed E-state index contributed by atoms with van der Waals surface area (Å²) in [6, 6.07) is 2.17. The summed E-state index contributed by atoms with van der Waals surface area (Å²) in [6.07, 6.45) is 0. The molecule has 0 N–H and O–H groups in total. The molecule has 0 aromatic heterocycles. The first-order valence-electron chi connectivity index (χ1n) is 3.10. The maximum atomic E-state index is 12.8. The SMILES string of the molecule is Fc1cc(OC(F)F)c(Br)cc1Br. The molecule has 0 atom stereocenters. The second-order valence-corrected chi connectivity index (χ2v) is 3.78. The fourth-order valence-electron chi connectivity index (χ4n) is 0.691. The summed E-state index contributed by atoms with van der Waals surface area (Å²) >= 11 is 5.85. The van der Waals surface area contributed by atoms with Crippen molar-refractivity contribution in [3.63, 3.8) is 0 Å². The van der Waals surface area contributed by atoms with Crippen molar-refractivity contribution in [2.45, 2.75) is 6.61 Å². The lowest BCUT2D eigenvalue weighted by Gasteiger charge is -2.07. The van der Waals surface area contributed by atoms with Crippen LogP contribution in [0, 0.1) is 5.82 Å². The summed E-state index contributed by atoms with van der Waals surface area (Å²) in [7, 11) is 0. The molecule has 0 aliphatic heterocycles. The van der Waals surface area contributed by atoms with Crippen molar-refractivity contribution < 1.29 is 17.9 Å². The van der Waals surface area contributed by atoms with E-state index in [-0.39, 0.29) is 14.7 Å². The smallest absolute Gasteiger partial charge is 0.387 e. The third-order valence-electron chi connectivity index (χ3n) is 1.19. The molecule has 0 aliphatic rings. The quantitative estimate of drug-likeness (QED) is 0.750. The number of hydrogen-bond donors (Lipinski definition) is 0. The van der Waals surface area contributed by atoms with E-state index >= 15 is 0 Å². The second-order valence-electron chi connectivity index (χ2n) is 2.08. The molecular weight excluding hydrogens is 317 g/mol. The molecule has 1 aromatic carbocycles. The third kappa shape index (κ3) is 2.87. The molecule has 0 radical (unpaired) electrons. The Kier molecular flexibility index (Phi) is 3.61. The minimum atomic E-state index is -2.96. The number of hydrogen-bond acceptors (Lipinski definition) is 1. The van der Waals surface area contributed by atoms with Gasteiger partial charge in [0.2, 0.25) is 0 Å². The Morgan fingerprint density at radius 3 is 2.31 bits per heavy atom. The summed E-state index contributed by atoms with van der Waals surface area (Å²) < 4.78 is 40.8. The zero-order chi connectivity index (χ0) is 10.0. The van der Waals surface area contributed by atoms with E-state index < -0.39 is 12.4 Å². The summed E-state index contributed by atoms with van der Waals surface area (Å²) in [5, 5.41) is 0. The van der Waals surface area contributed by atoms with Crippen molar-refractivity contribution in [2.24, 2.45) is 0 Å². The van der Waals surface area contributed by atoms with Gasteiger partial charge in [-0.1, -0.05) is 0 Å². The minimum Gasteiger partial charge on any atom is -0.434 e. The Hall–Kier alpha value is -0.230. The Morgan fingerprint density at radius 2 is 1.77 bits per heavy atom. The van der Waals surface area contributed by atoms with Crippen molar-refractivity contribution in [2.75, 3.05) is 0 Å². The van der Waals surface area contributed by atoms with Gasteiger partial charge in [-0.05, 0) is 37.9 Å². The lowest BCUT2D eigenvalue weighted by Crippen LogP contribution is -2.02. The molecule has 1 nitrogen and oxygen atoms in total. The predicted octanol–water partition coefficient (Wildman–Crippen LogP) is 3.95. The van der Waals surface area contributed by atoms with Gasteiger partial charge in [0.05, 0.1) is 8.95 Å². The van der Waals surface area contributed by atoms with Crippen LogP contribution in [-0.2, 0) is 0 Å². The average molecular weight is 320 g/mol. The van der Waals surface area contributed by atoms with Crippen LogP contribution in [0.5, 0.6) is 5.75 Å². The highest BCUT2D eigenvalue weighted by molar-refractivity contribution is 9.11. The fraction of sp³-hybridized carbons (Fsp3) is 0.143. The maximum absolute atomic E-state index is 12.8. The van der Waals surface area contributed by atoms with E-state index in [4.69, 9.17) is 0 Å². The molecule has 72 valence electrons. The van der Waals surface area contributed by atoms with Crippen LogP contribution in [-0.4, -0.2) is 6.61 Å². The fourth-order valence-corrected chi connectivity index (χ4v) is 1.78. The molecule has 0 spiro atoms. The lowest BCUT2D eigenvalue weighted by atomic mass is 10.3. The topological polar surface area (TPSA) is 9.23 Å². The largest absolute Gasteiger partial charge is 0.434 e. The van der Waals surface area contributed by atoms with Gasteiger partial charge in [0, 0.05) is 6.07 Å². The highest BCUT2D eigenvalue weighted by atomic mass is 79.9. The van der Waals surface area contributed by atoms with E-state index in [1.54, 1.807) is 0 Å². The molecule has 0 saturated heterocycles. The number of benzene rings is 1. The Morgan fingerprint density at radius 1 is 1.15 bits per heavy atom. The summed E-state index contributed by atoms with van der Waals surface area (Å²) in [5.74, 6) is -0.880. The normalized spacial score (nSPS) is 10.6. The highest BCUT2D eigenvalue weighted by Gasteiger charge is 2.11. The minimum absolute atomic E-state index is 0.181. The van der Waals surface area contributed by atoms with Crippen LogP contribution in [0.3, 0.4) is 0 Å². The van der Waals surface area contributed by atoms with Crippen LogP contribution in [0.2, 0.25) is 0 Å². The monoisotopic (exact) mass is 318 g/mol. The van der Waals surface area contributed by atoms with E-state index in [0.29, 0.717) is 0 Å². The lowest BCUT2D eigenvalue weighted by molar-refractivity contribution is -0.0505. The first kappa shape index (κ1) is 10.8. The van der Waals surface area contributed by atoms with Gasteiger partial charge in [-0.15, -0.1) is 0 Å². The molecule has 1 rings (SSSR count). The zero-order valence-corrected chi connectivity index (χ0v) is 9.20. The summed E-state index contributed by atoms with van der Waals surface area (Å²) in [4.78, 5) is 0. The van der Waals surface area contributed by atoms with E-state index in [0.717, 1.165) is 6.07 Å². The Labute approximate surface area is 89.1 Å². The first-order valence-corrected chi connectivity index (χ1v) is 4.68. The van der Waals surface area contributed by atoms with Crippen LogP contribution in [0.4, 0.5) is 13.2 Å². The molecule has 0 bridgehead atoms. The molecule has 0 saturated carbocycles. The molecule has 6 heteroatoms. The summed E-state index contributed by atoms with van der Waals surface area (Å²) in [6.45, 7) is -2.96. The number of rotatable bonds is 2. The zero-order valence-electron chi connectivity index (χ0n) is 6.03. The van der Waals surface area contributed by atoms with Gasteiger partial charge in [0.15, 0.2) is 0 Å². The van der Waals surface area contributed by atoms with E-state index in [9.17, 15) is 13.2 Å². The molecule has 1 aromatic rings. The Balaban J connectivity index is 3.01. The Bertz CT molecular complexity index is 317. The van der Waals surface area contributed by atoms with Crippen molar-refractivity contribution >= 4 is 31.9 Å². The maximum Gasteiger partial charge on any atom is 0.387 e. The van der Waals surface area contributed by atoms with Crippen LogP contribution in [0.25, 0.3) is 0 Å². The van der Waals surface area contributed by atoms with Gasteiger partial charge >= 0.3 is 6.61 Å². The molecule has 0 amide bonds. The van der Waals surface area contributed by atoms with E-state index in [2.05, 4.69) is 36.6 Å². The number of alkyl halides is 2. The van der Waals surface area contributed by atoms with Crippen LogP contribution in [0.15, 0.2) is 21.1 Å². The molecule has 13 heavy (non-hydrogen) atoms. The molecule has 0 fully saturated rings. The van der Waals surface area contributed by atoms with Crippen molar-refractivity contribution in [3.8, 4) is 5.75 Å². The second kappa shape index (κ2) is 4.32. The van der Waals surface area contributed by atoms with Crippen LogP contribution < -0.4 is 4.74 Å².